The van der Waals surface area contributed by atoms with Crippen LogP contribution in [0.4, 0.5) is 26.3 Å². The Hall–Kier alpha value is -0.263. The maximum atomic E-state index is 13.3. The molecule has 16 heteroatoms. The number of rotatable bonds is 10. The monoisotopic (exact) mass is 428 g/mol. The van der Waals surface area contributed by atoms with Gasteiger partial charge in [-0.25, -0.2) is 4.18 Å². The van der Waals surface area contributed by atoms with Crippen LogP contribution in [0.3, 0.4) is 0 Å². The molecule has 0 saturated carbocycles. The van der Waals surface area contributed by atoms with Gasteiger partial charge in [-0.1, -0.05) is 0 Å². The summed E-state index contributed by atoms with van der Waals surface area (Å²) in [6, 6.07) is 0. The predicted molar refractivity (Wildman–Crippen MR) is 70.9 cm³/mol. The molecule has 1 atom stereocenters. The summed E-state index contributed by atoms with van der Waals surface area (Å²) in [5.74, 6) is -17.4. The molecule has 0 aliphatic carbocycles. The SMILES string of the molecule is C[Si](C)(C)OS(=O)(=O)OCC(F)(F)C(F)(F)C(F)(F)COS(=O)O. The highest BCUT2D eigenvalue weighted by molar-refractivity contribution is 7.83. The van der Waals surface area contributed by atoms with E-state index in [0.717, 1.165) is 0 Å². The van der Waals surface area contributed by atoms with Gasteiger partial charge in [-0.2, -0.15) is 39.0 Å². The summed E-state index contributed by atoms with van der Waals surface area (Å²) >= 11 is -3.40. The van der Waals surface area contributed by atoms with E-state index in [0.29, 0.717) is 0 Å². The van der Waals surface area contributed by atoms with Crippen molar-refractivity contribution in [3.05, 3.63) is 0 Å². The van der Waals surface area contributed by atoms with E-state index in [9.17, 15) is 39.0 Å². The first-order chi connectivity index (χ1) is 10.3. The summed E-state index contributed by atoms with van der Waals surface area (Å²) < 4.78 is 131. The Kier molecular flexibility index (Phi) is 7.46. The van der Waals surface area contributed by atoms with Crippen molar-refractivity contribution in [1.82, 2.24) is 0 Å². The lowest BCUT2D eigenvalue weighted by Crippen LogP contribution is -2.58. The van der Waals surface area contributed by atoms with E-state index in [1.807, 2.05) is 0 Å². The number of hydrogen-bond donors (Lipinski definition) is 1. The fourth-order valence-corrected chi connectivity index (χ4v) is 4.23. The summed E-state index contributed by atoms with van der Waals surface area (Å²) in [6.07, 6.45) is 0. The molecule has 0 aromatic carbocycles. The lowest BCUT2D eigenvalue weighted by Gasteiger charge is -2.31. The predicted octanol–water partition coefficient (Wildman–Crippen LogP) is 2.16. The van der Waals surface area contributed by atoms with Crippen LogP contribution in [-0.2, 0) is 34.0 Å². The van der Waals surface area contributed by atoms with Crippen LogP contribution in [0.15, 0.2) is 0 Å². The molecule has 0 radical (unpaired) electrons. The highest BCUT2D eigenvalue weighted by atomic mass is 32.3. The highest BCUT2D eigenvalue weighted by Crippen LogP contribution is 2.46. The molecule has 0 aliphatic heterocycles. The van der Waals surface area contributed by atoms with Crippen molar-refractivity contribution in [2.75, 3.05) is 13.2 Å². The minimum absolute atomic E-state index is 1.31. The summed E-state index contributed by atoms with van der Waals surface area (Å²) in [5.41, 5.74) is 0. The number of alkyl halides is 6. The van der Waals surface area contributed by atoms with Crippen molar-refractivity contribution in [1.29, 1.82) is 0 Å². The summed E-state index contributed by atoms with van der Waals surface area (Å²) in [7, 11) is -7.99. The van der Waals surface area contributed by atoms with Crippen molar-refractivity contribution < 1.29 is 55.8 Å². The average molecular weight is 428 g/mol. The summed E-state index contributed by atoms with van der Waals surface area (Å²) in [5, 5.41) is 0. The zero-order chi connectivity index (χ0) is 19.6. The Bertz CT molecular complexity index is 562. The third-order valence-electron chi connectivity index (χ3n) is 2.00. The molecule has 1 N–H and O–H groups in total. The Morgan fingerprint density at radius 3 is 1.79 bits per heavy atom. The maximum absolute atomic E-state index is 13.3. The third kappa shape index (κ3) is 6.93. The lowest BCUT2D eigenvalue weighted by atomic mass is 10.1. The first-order valence-electron chi connectivity index (χ1n) is 5.81. The molecule has 0 heterocycles. The molecular weight excluding hydrogens is 414 g/mol. The van der Waals surface area contributed by atoms with Gasteiger partial charge in [0, 0.05) is 0 Å². The van der Waals surface area contributed by atoms with Gasteiger partial charge in [0.25, 0.3) is 0 Å². The van der Waals surface area contributed by atoms with Gasteiger partial charge < -0.3 is 0 Å². The Labute approximate surface area is 137 Å². The molecule has 0 fully saturated rings. The average Bonchev–Trinajstić information content (AvgIpc) is 2.31. The van der Waals surface area contributed by atoms with E-state index < -0.39 is 61.1 Å². The topological polar surface area (TPSA) is 99.1 Å². The van der Waals surface area contributed by atoms with Gasteiger partial charge in [-0.3, -0.25) is 12.6 Å². The fraction of sp³-hybridized carbons (Fsp3) is 1.00. The Morgan fingerprint density at radius 2 is 1.42 bits per heavy atom. The summed E-state index contributed by atoms with van der Waals surface area (Å²) in [4.78, 5) is 0. The van der Waals surface area contributed by atoms with Gasteiger partial charge in [0.1, 0.15) is 13.2 Å². The van der Waals surface area contributed by atoms with Gasteiger partial charge in [0.15, 0.2) is 0 Å². The van der Waals surface area contributed by atoms with Gasteiger partial charge in [-0.05, 0) is 19.6 Å². The Morgan fingerprint density at radius 1 is 1.00 bits per heavy atom. The highest BCUT2D eigenvalue weighted by Gasteiger charge is 2.72. The molecule has 0 spiro atoms. The van der Waals surface area contributed by atoms with E-state index in [1.165, 1.54) is 19.6 Å². The minimum atomic E-state index is -6.14. The van der Waals surface area contributed by atoms with Crippen LogP contribution in [0, 0.1) is 0 Å². The van der Waals surface area contributed by atoms with Crippen LogP contribution in [0.1, 0.15) is 0 Å². The van der Waals surface area contributed by atoms with Crippen LogP contribution in [0.25, 0.3) is 0 Å². The molecule has 146 valence electrons. The molecule has 24 heavy (non-hydrogen) atoms. The zero-order valence-corrected chi connectivity index (χ0v) is 15.0. The largest absolute Gasteiger partial charge is 0.390 e. The van der Waals surface area contributed by atoms with Crippen molar-refractivity contribution in [3.63, 3.8) is 0 Å². The zero-order valence-electron chi connectivity index (χ0n) is 12.4. The second-order valence-electron chi connectivity index (χ2n) is 5.33. The van der Waals surface area contributed by atoms with E-state index in [4.69, 9.17) is 4.55 Å². The van der Waals surface area contributed by atoms with Gasteiger partial charge >= 0.3 is 39.5 Å². The second kappa shape index (κ2) is 7.54. The first kappa shape index (κ1) is 23.7. The first-order valence-corrected chi connectivity index (χ1v) is 11.6. The molecule has 0 aromatic heterocycles. The smallest absolute Gasteiger partial charge is 0.294 e. The van der Waals surface area contributed by atoms with E-state index >= 15 is 0 Å². The quantitative estimate of drug-likeness (QED) is 0.323. The van der Waals surface area contributed by atoms with Crippen LogP contribution in [-0.4, -0.2) is 56.5 Å². The molecule has 0 bridgehead atoms. The van der Waals surface area contributed by atoms with Crippen molar-refractivity contribution in [2.45, 2.75) is 37.4 Å². The van der Waals surface area contributed by atoms with Crippen LogP contribution >= 0.6 is 0 Å². The lowest BCUT2D eigenvalue weighted by molar-refractivity contribution is -0.319. The van der Waals surface area contributed by atoms with E-state index in [-0.39, 0.29) is 0 Å². The third-order valence-corrected chi connectivity index (χ3v) is 5.54. The molecular formula is C8H14F6O7S2Si. The van der Waals surface area contributed by atoms with Gasteiger partial charge in [0.2, 0.25) is 8.32 Å². The van der Waals surface area contributed by atoms with Crippen molar-refractivity contribution in [2.24, 2.45) is 0 Å². The number of halogens is 6. The molecule has 1 unspecified atom stereocenters. The molecule has 7 nitrogen and oxygen atoms in total. The standard InChI is InChI=1S/C8H14F6O7S2Si/c1-24(2,3)21-23(17,18)20-5-7(11,12)8(13,14)6(9,10)4-19-22(15)16/h4-5H2,1-3H3,(H,15,16). The minimum Gasteiger partial charge on any atom is -0.294 e. The van der Waals surface area contributed by atoms with Crippen LogP contribution < -0.4 is 0 Å². The normalized spacial score (nSPS) is 16.2. The molecule has 0 rings (SSSR count). The van der Waals surface area contributed by atoms with Crippen LogP contribution in [0.5, 0.6) is 0 Å². The van der Waals surface area contributed by atoms with E-state index in [1.54, 1.807) is 0 Å². The van der Waals surface area contributed by atoms with Crippen molar-refractivity contribution in [3.8, 4) is 0 Å². The molecule has 0 amide bonds. The summed E-state index contributed by atoms with van der Waals surface area (Å²) in [6.45, 7) is -1.23. The van der Waals surface area contributed by atoms with Crippen molar-refractivity contribution >= 4 is 30.1 Å². The van der Waals surface area contributed by atoms with E-state index in [2.05, 4.69) is 12.2 Å². The Balaban J connectivity index is 5.18. The second-order valence-corrected chi connectivity index (χ2v) is 11.9. The molecule has 0 aromatic rings. The van der Waals surface area contributed by atoms with Gasteiger partial charge in [-0.15, -0.1) is 0 Å². The number of hydrogen-bond acceptors (Lipinski definition) is 6. The fourth-order valence-electron chi connectivity index (χ4n) is 1.05. The maximum Gasteiger partial charge on any atom is 0.390 e. The van der Waals surface area contributed by atoms with Crippen LogP contribution in [0.2, 0.25) is 19.6 Å². The van der Waals surface area contributed by atoms with Gasteiger partial charge in [0.05, 0.1) is 0 Å². The molecule has 0 saturated heterocycles. The molecule has 0 aliphatic rings.